The molecule has 2 atom stereocenters. The van der Waals surface area contributed by atoms with Crippen LogP contribution in [0, 0.1) is 5.82 Å². The van der Waals surface area contributed by atoms with E-state index in [0.717, 1.165) is 29.5 Å². The molecule has 1 aliphatic rings. The summed E-state index contributed by atoms with van der Waals surface area (Å²) in [4.78, 5) is 2.38. The molecule has 0 aliphatic carbocycles. The Bertz CT molecular complexity index is 409. The fraction of sp³-hybridized carbons (Fsp3) is 0.571. The number of piperidine rings is 1. The first-order valence-corrected chi connectivity index (χ1v) is 7.31. The third-order valence-corrected chi connectivity index (χ3v) is 4.43. The minimum atomic E-state index is -0.178. The van der Waals surface area contributed by atoms with Gasteiger partial charge in [0.25, 0.3) is 0 Å². The summed E-state index contributed by atoms with van der Waals surface area (Å²) in [5, 5.41) is 0. The zero-order valence-electron chi connectivity index (χ0n) is 10.7. The molecular weight excluding hydrogens is 295 g/mol. The molecule has 1 aliphatic heterocycles. The van der Waals surface area contributed by atoms with Crippen molar-refractivity contribution in [2.24, 2.45) is 5.73 Å². The van der Waals surface area contributed by atoms with Crippen molar-refractivity contribution in [1.82, 2.24) is 4.90 Å². The average Bonchev–Trinajstić information content (AvgIpc) is 2.34. The van der Waals surface area contributed by atoms with Crippen molar-refractivity contribution in [3.8, 4) is 0 Å². The molecule has 100 valence electrons. The summed E-state index contributed by atoms with van der Waals surface area (Å²) in [7, 11) is 0. The fourth-order valence-electron chi connectivity index (χ4n) is 2.69. The van der Waals surface area contributed by atoms with Crippen LogP contribution in [0.15, 0.2) is 22.7 Å². The van der Waals surface area contributed by atoms with Crippen LogP contribution in [0.4, 0.5) is 4.39 Å². The molecule has 0 aromatic heterocycles. The summed E-state index contributed by atoms with van der Waals surface area (Å²) < 4.78 is 14.3. The van der Waals surface area contributed by atoms with Crippen LogP contribution in [0.5, 0.6) is 0 Å². The highest BCUT2D eigenvalue weighted by Crippen LogP contribution is 2.25. The molecule has 18 heavy (non-hydrogen) atoms. The molecule has 1 aromatic rings. The van der Waals surface area contributed by atoms with E-state index in [2.05, 4.69) is 27.8 Å². The summed E-state index contributed by atoms with van der Waals surface area (Å²) in [6.07, 6.45) is 3.59. The molecule has 2 rings (SSSR count). The van der Waals surface area contributed by atoms with Crippen molar-refractivity contribution in [3.63, 3.8) is 0 Å². The predicted octanol–water partition coefficient (Wildman–Crippen LogP) is 3.29. The smallest absolute Gasteiger partial charge is 0.123 e. The first-order valence-electron chi connectivity index (χ1n) is 6.51. The maximum Gasteiger partial charge on any atom is 0.123 e. The number of halogens is 2. The van der Waals surface area contributed by atoms with Gasteiger partial charge in [-0.3, -0.25) is 4.90 Å². The van der Waals surface area contributed by atoms with Crippen LogP contribution in [0.3, 0.4) is 0 Å². The molecule has 1 saturated heterocycles. The van der Waals surface area contributed by atoms with E-state index in [0.29, 0.717) is 6.04 Å². The number of likely N-dealkylation sites (tertiary alicyclic amines) is 1. The molecule has 0 radical (unpaired) electrons. The lowest BCUT2D eigenvalue weighted by atomic mass is 9.96. The number of rotatable bonds is 3. The van der Waals surface area contributed by atoms with E-state index in [-0.39, 0.29) is 11.9 Å². The van der Waals surface area contributed by atoms with Gasteiger partial charge in [0, 0.05) is 23.1 Å². The highest BCUT2D eigenvalue weighted by Gasteiger charge is 2.25. The van der Waals surface area contributed by atoms with Gasteiger partial charge in [0.15, 0.2) is 0 Å². The van der Waals surface area contributed by atoms with Crippen LogP contribution in [0.2, 0.25) is 0 Å². The second kappa shape index (κ2) is 6.13. The van der Waals surface area contributed by atoms with Gasteiger partial charge in [0.2, 0.25) is 0 Å². The first-order chi connectivity index (χ1) is 8.58. The molecule has 0 amide bonds. The van der Waals surface area contributed by atoms with Crippen molar-refractivity contribution >= 4 is 15.9 Å². The Kier molecular flexibility index (Phi) is 4.76. The lowest BCUT2D eigenvalue weighted by Gasteiger charge is -2.38. The Hall–Kier alpha value is -0.450. The van der Waals surface area contributed by atoms with Crippen LogP contribution in [0.1, 0.15) is 31.7 Å². The van der Waals surface area contributed by atoms with Gasteiger partial charge in [-0.2, -0.15) is 0 Å². The molecule has 1 heterocycles. The van der Waals surface area contributed by atoms with E-state index >= 15 is 0 Å². The van der Waals surface area contributed by atoms with Crippen LogP contribution < -0.4 is 5.73 Å². The minimum Gasteiger partial charge on any atom is -0.327 e. The number of benzene rings is 1. The average molecular weight is 315 g/mol. The number of nitrogens with zero attached hydrogens (tertiary/aromatic N) is 1. The second-order valence-electron chi connectivity index (χ2n) is 5.13. The van der Waals surface area contributed by atoms with Crippen molar-refractivity contribution in [3.05, 3.63) is 34.1 Å². The summed E-state index contributed by atoms with van der Waals surface area (Å²) >= 11 is 3.49. The Morgan fingerprint density at radius 3 is 3.00 bits per heavy atom. The number of hydrogen-bond donors (Lipinski definition) is 1. The molecule has 4 heteroatoms. The normalized spacial score (nSPS) is 23.0. The first kappa shape index (κ1) is 14.0. The van der Waals surface area contributed by atoms with E-state index in [1.54, 1.807) is 12.1 Å². The monoisotopic (exact) mass is 314 g/mol. The van der Waals surface area contributed by atoms with Crippen molar-refractivity contribution in [2.75, 3.05) is 6.54 Å². The van der Waals surface area contributed by atoms with Gasteiger partial charge in [0.1, 0.15) is 5.82 Å². The number of hydrogen-bond acceptors (Lipinski definition) is 2. The maximum atomic E-state index is 13.3. The van der Waals surface area contributed by atoms with Crippen LogP contribution in [-0.2, 0) is 6.54 Å². The van der Waals surface area contributed by atoms with Gasteiger partial charge in [-0.25, -0.2) is 4.39 Å². The molecule has 2 N–H and O–H groups in total. The molecule has 0 saturated carbocycles. The lowest BCUT2D eigenvalue weighted by molar-refractivity contribution is 0.122. The zero-order valence-corrected chi connectivity index (χ0v) is 12.3. The fourth-order valence-corrected chi connectivity index (χ4v) is 3.06. The highest BCUT2D eigenvalue weighted by atomic mass is 79.9. The molecular formula is C14H20BrFN2. The maximum absolute atomic E-state index is 13.3. The quantitative estimate of drug-likeness (QED) is 0.927. The van der Waals surface area contributed by atoms with E-state index in [9.17, 15) is 4.39 Å². The molecule has 1 aromatic carbocycles. The van der Waals surface area contributed by atoms with Crippen molar-refractivity contribution in [2.45, 2.75) is 44.8 Å². The Labute approximate surface area is 116 Å². The minimum absolute atomic E-state index is 0.164. The van der Waals surface area contributed by atoms with Gasteiger partial charge >= 0.3 is 0 Å². The third kappa shape index (κ3) is 3.31. The van der Waals surface area contributed by atoms with Gasteiger partial charge < -0.3 is 5.73 Å². The van der Waals surface area contributed by atoms with Crippen LogP contribution in [0.25, 0.3) is 0 Å². The molecule has 0 bridgehead atoms. The zero-order chi connectivity index (χ0) is 13.1. The van der Waals surface area contributed by atoms with Crippen LogP contribution in [-0.4, -0.2) is 23.5 Å². The topological polar surface area (TPSA) is 29.3 Å². The molecule has 0 spiro atoms. The standard InChI is InChI=1S/C14H20BrFN2/c1-10(17)14-4-2-3-7-18(14)9-11-8-12(16)5-6-13(11)15/h5-6,8,10,14H,2-4,7,9,17H2,1H3. The third-order valence-electron chi connectivity index (χ3n) is 3.65. The Morgan fingerprint density at radius 2 is 2.28 bits per heavy atom. The van der Waals surface area contributed by atoms with Crippen LogP contribution >= 0.6 is 15.9 Å². The summed E-state index contributed by atoms with van der Waals surface area (Å²) in [5.41, 5.74) is 7.05. The van der Waals surface area contributed by atoms with E-state index in [1.807, 2.05) is 0 Å². The Morgan fingerprint density at radius 1 is 1.50 bits per heavy atom. The largest absolute Gasteiger partial charge is 0.327 e. The van der Waals surface area contributed by atoms with E-state index < -0.39 is 0 Å². The van der Waals surface area contributed by atoms with Crippen molar-refractivity contribution in [1.29, 1.82) is 0 Å². The molecule has 1 fully saturated rings. The van der Waals surface area contributed by atoms with Gasteiger partial charge in [-0.05, 0) is 50.1 Å². The van der Waals surface area contributed by atoms with E-state index in [1.165, 1.54) is 18.9 Å². The molecule has 2 nitrogen and oxygen atoms in total. The predicted molar refractivity (Wildman–Crippen MR) is 75.8 cm³/mol. The van der Waals surface area contributed by atoms with Gasteiger partial charge in [0.05, 0.1) is 0 Å². The highest BCUT2D eigenvalue weighted by molar-refractivity contribution is 9.10. The molecule has 2 unspecified atom stereocenters. The Balaban J connectivity index is 2.13. The lowest BCUT2D eigenvalue weighted by Crippen LogP contribution is -2.48. The van der Waals surface area contributed by atoms with Gasteiger partial charge in [-0.15, -0.1) is 0 Å². The van der Waals surface area contributed by atoms with Crippen molar-refractivity contribution < 1.29 is 4.39 Å². The van der Waals surface area contributed by atoms with Gasteiger partial charge in [-0.1, -0.05) is 22.4 Å². The van der Waals surface area contributed by atoms with E-state index in [4.69, 9.17) is 5.73 Å². The summed E-state index contributed by atoms with van der Waals surface area (Å²) in [6.45, 7) is 3.88. The summed E-state index contributed by atoms with van der Waals surface area (Å²) in [5.74, 6) is -0.178. The second-order valence-corrected chi connectivity index (χ2v) is 5.98. The summed E-state index contributed by atoms with van der Waals surface area (Å²) in [6, 6.07) is 5.44. The SMILES string of the molecule is CC(N)C1CCCCN1Cc1cc(F)ccc1Br. The number of nitrogens with two attached hydrogens (primary N) is 1.